The molecule has 2 aromatic rings. The lowest BCUT2D eigenvalue weighted by atomic mass is 10.2. The number of methoxy groups -OCH3 is 1. The van der Waals surface area contributed by atoms with Gasteiger partial charge in [0, 0.05) is 0 Å². The fraction of sp³-hybridized carbons (Fsp3) is 0.125. The number of aromatic amines is 1. The summed E-state index contributed by atoms with van der Waals surface area (Å²) in [6.07, 6.45) is 8.10. The van der Waals surface area contributed by atoms with Crippen LogP contribution in [0.15, 0.2) is 21.4 Å². The first-order chi connectivity index (χ1) is 12.4. The topological polar surface area (TPSA) is 128 Å². The third kappa shape index (κ3) is 4.20. The number of rotatable bonds is 6. The Kier molecular flexibility index (Phi) is 5.98. The molecule has 1 heterocycles. The molecule has 0 atom stereocenters. The standard InChI is InChI=1S/C16H12BrN3O6/c1-3-6-26-14-10(17)7-9(8-11(14)25-2)4-5-12-18-15(21)13(20(23)24)16(22)19-12/h1,4-5,7-8H,6H2,2H3,(H2,18,19,21,22)/b5-4+. The van der Waals surface area contributed by atoms with Crippen molar-refractivity contribution in [3.63, 3.8) is 0 Å². The smallest absolute Gasteiger partial charge is 0.395 e. The van der Waals surface area contributed by atoms with Gasteiger partial charge in [-0.25, -0.2) is 0 Å². The Bertz CT molecular complexity index is 977. The fourth-order valence-electron chi connectivity index (χ4n) is 1.98. The van der Waals surface area contributed by atoms with E-state index < -0.39 is 22.0 Å². The van der Waals surface area contributed by atoms with Gasteiger partial charge in [-0.1, -0.05) is 12.0 Å². The molecule has 0 saturated heterocycles. The van der Waals surface area contributed by atoms with Crippen molar-refractivity contribution in [2.45, 2.75) is 0 Å². The Balaban J connectivity index is 2.37. The molecule has 0 unspecified atom stereocenters. The van der Waals surface area contributed by atoms with E-state index in [9.17, 15) is 20.0 Å². The molecule has 0 saturated carbocycles. The summed E-state index contributed by atoms with van der Waals surface area (Å²) >= 11 is 3.35. The molecule has 2 rings (SSSR count). The van der Waals surface area contributed by atoms with E-state index in [0.717, 1.165) is 0 Å². The molecule has 9 nitrogen and oxygen atoms in total. The molecule has 0 amide bonds. The van der Waals surface area contributed by atoms with E-state index in [-0.39, 0.29) is 12.4 Å². The Morgan fingerprint density at radius 2 is 2.23 bits per heavy atom. The van der Waals surface area contributed by atoms with Crippen LogP contribution in [0.25, 0.3) is 12.2 Å². The average molecular weight is 422 g/mol. The number of nitrogens with zero attached hydrogens (tertiary/aromatic N) is 2. The van der Waals surface area contributed by atoms with Crippen LogP contribution in [0, 0.1) is 22.5 Å². The van der Waals surface area contributed by atoms with E-state index >= 15 is 0 Å². The summed E-state index contributed by atoms with van der Waals surface area (Å²) in [7, 11) is 1.46. The molecular weight excluding hydrogens is 410 g/mol. The second-order valence-electron chi connectivity index (χ2n) is 4.74. The number of terminal acetylenes is 1. The van der Waals surface area contributed by atoms with Crippen LogP contribution in [-0.2, 0) is 0 Å². The molecule has 26 heavy (non-hydrogen) atoms. The van der Waals surface area contributed by atoms with Crippen LogP contribution in [0.4, 0.5) is 5.69 Å². The summed E-state index contributed by atoms with van der Waals surface area (Å²) in [6.45, 7) is 0.0668. The Labute approximate surface area is 155 Å². The lowest BCUT2D eigenvalue weighted by molar-refractivity contribution is -0.387. The van der Waals surface area contributed by atoms with E-state index in [1.54, 1.807) is 18.2 Å². The lowest BCUT2D eigenvalue weighted by Gasteiger charge is -2.11. The van der Waals surface area contributed by atoms with Gasteiger partial charge in [0.15, 0.2) is 11.5 Å². The van der Waals surface area contributed by atoms with Crippen LogP contribution in [-0.4, -0.2) is 33.7 Å². The molecule has 1 aromatic heterocycles. The predicted molar refractivity (Wildman–Crippen MR) is 97.1 cm³/mol. The van der Waals surface area contributed by atoms with Crippen molar-refractivity contribution in [1.82, 2.24) is 9.97 Å². The average Bonchev–Trinajstić information content (AvgIpc) is 2.57. The van der Waals surface area contributed by atoms with E-state index in [1.807, 2.05) is 0 Å². The highest BCUT2D eigenvalue weighted by molar-refractivity contribution is 9.10. The van der Waals surface area contributed by atoms with Crippen molar-refractivity contribution in [2.24, 2.45) is 0 Å². The number of benzene rings is 1. The molecule has 0 fully saturated rings. The highest BCUT2D eigenvalue weighted by Crippen LogP contribution is 2.37. The predicted octanol–water partition coefficient (Wildman–Crippen LogP) is 2.34. The summed E-state index contributed by atoms with van der Waals surface area (Å²) in [6, 6.07) is 3.35. The SMILES string of the molecule is C#CCOc1c(Br)cc(/C=C/c2nc(O)c([N+](=O)[O-])c(=O)[nH]2)cc1OC. The van der Waals surface area contributed by atoms with Crippen molar-refractivity contribution in [3.8, 4) is 29.7 Å². The second-order valence-corrected chi connectivity index (χ2v) is 5.60. The van der Waals surface area contributed by atoms with Crippen LogP contribution in [0.5, 0.6) is 17.4 Å². The number of halogens is 1. The quantitative estimate of drug-likeness (QED) is 0.416. The maximum atomic E-state index is 11.6. The zero-order valence-electron chi connectivity index (χ0n) is 13.4. The van der Waals surface area contributed by atoms with E-state index in [1.165, 1.54) is 13.2 Å². The molecule has 10 heteroatoms. The highest BCUT2D eigenvalue weighted by Gasteiger charge is 2.21. The lowest BCUT2D eigenvalue weighted by Crippen LogP contribution is -2.14. The van der Waals surface area contributed by atoms with Crippen molar-refractivity contribution in [3.05, 3.63) is 48.5 Å². The number of H-pyrrole nitrogens is 1. The number of nitrogens with one attached hydrogen (secondary N) is 1. The fourth-order valence-corrected chi connectivity index (χ4v) is 2.55. The number of aromatic nitrogens is 2. The van der Waals surface area contributed by atoms with Crippen LogP contribution in [0.3, 0.4) is 0 Å². The third-order valence-corrected chi connectivity index (χ3v) is 3.65. The molecule has 0 bridgehead atoms. The van der Waals surface area contributed by atoms with Gasteiger partial charge in [0.05, 0.1) is 16.5 Å². The zero-order chi connectivity index (χ0) is 19.3. The molecule has 0 aliphatic rings. The first kappa shape index (κ1) is 19.0. The molecule has 2 N–H and O–H groups in total. The van der Waals surface area contributed by atoms with Crippen molar-refractivity contribution in [1.29, 1.82) is 0 Å². The second kappa shape index (κ2) is 8.17. The summed E-state index contributed by atoms with van der Waals surface area (Å²) in [5.74, 6) is 2.19. The van der Waals surface area contributed by atoms with Crippen molar-refractivity contribution in [2.75, 3.05) is 13.7 Å². The molecule has 0 aliphatic carbocycles. The number of ether oxygens (including phenoxy) is 2. The summed E-state index contributed by atoms with van der Waals surface area (Å²) in [5, 5.41) is 20.2. The van der Waals surface area contributed by atoms with Crippen LogP contribution in [0.2, 0.25) is 0 Å². The maximum Gasteiger partial charge on any atom is 0.395 e. The number of hydrogen-bond donors (Lipinski definition) is 2. The van der Waals surface area contributed by atoms with E-state index in [4.69, 9.17) is 15.9 Å². The summed E-state index contributed by atoms with van der Waals surface area (Å²) < 4.78 is 11.2. The minimum absolute atomic E-state index is 0.0548. The monoisotopic (exact) mass is 421 g/mol. The first-order valence-corrected chi connectivity index (χ1v) is 7.76. The van der Waals surface area contributed by atoms with Gasteiger partial charge in [-0.15, -0.1) is 6.42 Å². The van der Waals surface area contributed by atoms with Crippen LogP contribution in [0.1, 0.15) is 11.4 Å². The largest absolute Gasteiger partial charge is 0.493 e. The Morgan fingerprint density at radius 3 is 2.81 bits per heavy atom. The summed E-state index contributed by atoms with van der Waals surface area (Å²) in [4.78, 5) is 27.1. The van der Waals surface area contributed by atoms with Gasteiger partial charge in [0.25, 0.3) is 5.88 Å². The Morgan fingerprint density at radius 1 is 1.50 bits per heavy atom. The van der Waals surface area contributed by atoms with E-state index in [2.05, 4.69) is 31.8 Å². The van der Waals surface area contributed by atoms with Gasteiger partial charge in [-0.05, 0) is 39.7 Å². The van der Waals surface area contributed by atoms with Gasteiger partial charge in [0.2, 0.25) is 0 Å². The highest BCUT2D eigenvalue weighted by atomic mass is 79.9. The maximum absolute atomic E-state index is 11.6. The van der Waals surface area contributed by atoms with Gasteiger partial charge in [-0.3, -0.25) is 14.9 Å². The van der Waals surface area contributed by atoms with Crippen molar-refractivity contribution >= 4 is 33.8 Å². The number of hydrogen-bond acceptors (Lipinski definition) is 7. The van der Waals surface area contributed by atoms with Gasteiger partial charge < -0.3 is 19.6 Å². The van der Waals surface area contributed by atoms with E-state index in [0.29, 0.717) is 21.5 Å². The van der Waals surface area contributed by atoms with Crippen molar-refractivity contribution < 1.29 is 19.5 Å². The van der Waals surface area contributed by atoms with Crippen LogP contribution < -0.4 is 15.0 Å². The van der Waals surface area contributed by atoms with Crippen LogP contribution >= 0.6 is 15.9 Å². The normalized spacial score (nSPS) is 10.5. The number of aromatic hydroxyl groups is 1. The van der Waals surface area contributed by atoms with Gasteiger partial charge >= 0.3 is 11.2 Å². The minimum Gasteiger partial charge on any atom is -0.493 e. The van der Waals surface area contributed by atoms with Gasteiger partial charge in [-0.2, -0.15) is 4.98 Å². The first-order valence-electron chi connectivity index (χ1n) is 6.97. The number of nitro groups is 1. The third-order valence-electron chi connectivity index (χ3n) is 3.06. The molecule has 0 spiro atoms. The molecule has 0 radical (unpaired) electrons. The molecular formula is C16H12BrN3O6. The molecule has 0 aliphatic heterocycles. The minimum atomic E-state index is -1.06. The van der Waals surface area contributed by atoms with Gasteiger partial charge in [0.1, 0.15) is 12.4 Å². The summed E-state index contributed by atoms with van der Waals surface area (Å²) in [5.41, 5.74) is -1.43. The molecule has 134 valence electrons. The zero-order valence-corrected chi connectivity index (χ0v) is 14.9. The molecule has 1 aromatic carbocycles. The Hall–Kier alpha value is -3.32.